The number of nitrogens with zero attached hydrogens (tertiary/aromatic N) is 1. The zero-order valence-corrected chi connectivity index (χ0v) is 13.6. The smallest absolute Gasteiger partial charge is 0.344 e. The summed E-state index contributed by atoms with van der Waals surface area (Å²) in [5.74, 6) is -3.31. The van der Waals surface area contributed by atoms with E-state index in [9.17, 15) is 20.1 Å². The number of hydrogen-bond acceptors (Lipinski definition) is 7. The van der Waals surface area contributed by atoms with Crippen molar-refractivity contribution < 1.29 is 34.4 Å². The summed E-state index contributed by atoms with van der Waals surface area (Å²) in [6.07, 6.45) is -1.09. The molecule has 2 aliphatic heterocycles. The third-order valence-corrected chi connectivity index (χ3v) is 4.85. The van der Waals surface area contributed by atoms with Gasteiger partial charge in [0.05, 0.1) is 12.1 Å². The fourth-order valence-electron chi connectivity index (χ4n) is 3.59. The molecule has 3 heterocycles. The zero-order valence-electron chi connectivity index (χ0n) is 13.6. The summed E-state index contributed by atoms with van der Waals surface area (Å²) in [4.78, 5) is 17.8. The molecule has 2 saturated heterocycles. The monoisotopic (exact) mass is 349 g/mol. The van der Waals surface area contributed by atoms with Crippen LogP contribution in [0.3, 0.4) is 0 Å². The number of rotatable bonds is 4. The van der Waals surface area contributed by atoms with E-state index in [1.165, 1.54) is 0 Å². The van der Waals surface area contributed by atoms with Crippen molar-refractivity contribution >= 4 is 16.9 Å². The van der Waals surface area contributed by atoms with E-state index < -0.39 is 29.6 Å². The van der Waals surface area contributed by atoms with Crippen LogP contribution < -0.4 is 4.84 Å². The van der Waals surface area contributed by atoms with E-state index in [4.69, 9.17) is 14.3 Å². The molecule has 2 aliphatic rings. The van der Waals surface area contributed by atoms with Gasteiger partial charge in [0.1, 0.15) is 12.7 Å². The van der Waals surface area contributed by atoms with Crippen molar-refractivity contribution in [2.45, 2.75) is 36.9 Å². The van der Waals surface area contributed by atoms with E-state index in [-0.39, 0.29) is 13.0 Å². The minimum absolute atomic E-state index is 0.225. The second-order valence-corrected chi connectivity index (χ2v) is 6.35. The molecule has 1 aromatic heterocycles. The van der Waals surface area contributed by atoms with Crippen molar-refractivity contribution in [2.75, 3.05) is 13.2 Å². The van der Waals surface area contributed by atoms with Crippen LogP contribution in [0, 0.1) is 0 Å². The van der Waals surface area contributed by atoms with Crippen LogP contribution in [0.25, 0.3) is 10.9 Å². The lowest BCUT2D eigenvalue weighted by Gasteiger charge is -2.31. The maximum Gasteiger partial charge on any atom is 0.344 e. The molecule has 0 bridgehead atoms. The molecule has 0 radical (unpaired) electrons. The van der Waals surface area contributed by atoms with E-state index in [0.29, 0.717) is 12.2 Å². The van der Waals surface area contributed by atoms with Crippen LogP contribution in [0.1, 0.15) is 12.5 Å². The lowest BCUT2D eigenvalue weighted by Crippen LogP contribution is -2.59. The molecule has 0 saturated carbocycles. The van der Waals surface area contributed by atoms with Gasteiger partial charge in [0.15, 0.2) is 6.10 Å². The van der Waals surface area contributed by atoms with Gasteiger partial charge in [-0.1, -0.05) is 18.2 Å². The van der Waals surface area contributed by atoms with Crippen LogP contribution in [0.5, 0.6) is 0 Å². The normalized spacial score (nSPS) is 34.3. The summed E-state index contributed by atoms with van der Waals surface area (Å²) in [6.45, 7) is 2.06. The first-order chi connectivity index (χ1) is 11.9. The van der Waals surface area contributed by atoms with Crippen molar-refractivity contribution in [3.8, 4) is 0 Å². The second kappa shape index (κ2) is 5.43. The number of aliphatic hydroxyl groups excluding tert-OH is 1. The standard InChI is InChI=1S/C17H19NO7/c1-2-24-18-8-10(11-5-3-4-6-12(11)18)7-16(21)15(20)25-14-13(19)9-23-17(14,16)22/h3-6,8,13-14,19,21-22H,2,7,9H2,1H3/t13-,14?,16+,17-/m0/s1. The van der Waals surface area contributed by atoms with E-state index in [1.807, 2.05) is 31.2 Å². The van der Waals surface area contributed by atoms with Gasteiger partial charge in [0.2, 0.25) is 11.4 Å². The molecule has 2 aromatic rings. The van der Waals surface area contributed by atoms with Gasteiger partial charge in [-0.15, -0.1) is 0 Å². The summed E-state index contributed by atoms with van der Waals surface area (Å²) in [5.41, 5.74) is -0.969. The van der Waals surface area contributed by atoms with Gasteiger partial charge in [0, 0.05) is 18.0 Å². The molecular formula is C17H19NO7. The fraction of sp³-hybridized carbons (Fsp3) is 0.471. The number of esters is 1. The highest BCUT2D eigenvalue weighted by Crippen LogP contribution is 2.45. The predicted molar refractivity (Wildman–Crippen MR) is 84.5 cm³/mol. The lowest BCUT2D eigenvalue weighted by molar-refractivity contribution is -0.262. The SMILES string of the molecule is CCOn1cc(C[C@@]2(O)C(=O)OC3[C@@H](O)CO[C@@]32O)c2ccccc21. The number of carbonyl (C=O) groups excluding carboxylic acids is 1. The van der Waals surface area contributed by atoms with Gasteiger partial charge in [-0.3, -0.25) is 0 Å². The summed E-state index contributed by atoms with van der Waals surface area (Å²) in [7, 11) is 0. The van der Waals surface area contributed by atoms with Gasteiger partial charge >= 0.3 is 5.97 Å². The Morgan fingerprint density at radius 1 is 1.36 bits per heavy atom. The van der Waals surface area contributed by atoms with Crippen LogP contribution in [0.15, 0.2) is 30.5 Å². The average Bonchev–Trinajstić information content (AvgIpc) is 3.15. The third kappa shape index (κ3) is 2.12. The molecule has 4 rings (SSSR count). The molecule has 0 spiro atoms. The molecule has 8 heteroatoms. The Bertz CT molecular complexity index is 834. The predicted octanol–water partition coefficient (Wildman–Crippen LogP) is -0.631. The Balaban J connectivity index is 1.77. The average molecular weight is 349 g/mol. The first-order valence-corrected chi connectivity index (χ1v) is 8.11. The van der Waals surface area contributed by atoms with Gasteiger partial charge in [-0.25, -0.2) is 4.79 Å². The number of para-hydroxylation sites is 1. The highest BCUT2D eigenvalue weighted by Gasteiger charge is 2.73. The molecular weight excluding hydrogens is 330 g/mol. The van der Waals surface area contributed by atoms with Gasteiger partial charge in [-0.2, -0.15) is 4.73 Å². The molecule has 8 nitrogen and oxygen atoms in total. The molecule has 1 aromatic carbocycles. The first-order valence-electron chi connectivity index (χ1n) is 8.11. The Hall–Kier alpha value is -2.13. The maximum absolute atomic E-state index is 12.3. The van der Waals surface area contributed by atoms with Crippen molar-refractivity contribution in [3.63, 3.8) is 0 Å². The van der Waals surface area contributed by atoms with Crippen LogP contribution in [0.2, 0.25) is 0 Å². The highest BCUT2D eigenvalue weighted by atomic mass is 16.7. The molecule has 25 heavy (non-hydrogen) atoms. The highest BCUT2D eigenvalue weighted by molar-refractivity contribution is 5.88. The Morgan fingerprint density at radius 3 is 2.88 bits per heavy atom. The number of hydrogen-bond donors (Lipinski definition) is 3. The minimum Gasteiger partial charge on any atom is -0.451 e. The molecule has 3 N–H and O–H groups in total. The minimum atomic E-state index is -2.32. The van der Waals surface area contributed by atoms with Crippen LogP contribution >= 0.6 is 0 Å². The van der Waals surface area contributed by atoms with Crippen molar-refractivity contribution in [1.82, 2.24) is 4.73 Å². The quantitative estimate of drug-likeness (QED) is 0.630. The van der Waals surface area contributed by atoms with Crippen LogP contribution in [-0.2, 0) is 20.7 Å². The van der Waals surface area contributed by atoms with Crippen molar-refractivity contribution in [1.29, 1.82) is 0 Å². The molecule has 2 fully saturated rings. The Labute approximate surface area is 143 Å². The first kappa shape index (κ1) is 16.3. The third-order valence-electron chi connectivity index (χ3n) is 4.85. The number of carbonyl (C=O) groups is 1. The summed E-state index contributed by atoms with van der Waals surface area (Å²) in [5, 5.41) is 32.3. The van der Waals surface area contributed by atoms with Crippen molar-refractivity contribution in [2.24, 2.45) is 0 Å². The molecule has 134 valence electrons. The van der Waals surface area contributed by atoms with E-state index in [0.717, 1.165) is 10.9 Å². The number of ether oxygens (including phenoxy) is 2. The number of benzene rings is 1. The van der Waals surface area contributed by atoms with Gasteiger partial charge in [0.25, 0.3) is 0 Å². The fourth-order valence-corrected chi connectivity index (χ4v) is 3.59. The maximum atomic E-state index is 12.3. The lowest BCUT2D eigenvalue weighted by atomic mass is 9.85. The Kier molecular flexibility index (Phi) is 3.55. The zero-order chi connectivity index (χ0) is 17.8. The van der Waals surface area contributed by atoms with Gasteiger partial charge < -0.3 is 29.6 Å². The van der Waals surface area contributed by atoms with Gasteiger partial charge in [-0.05, 0) is 18.6 Å². The van der Waals surface area contributed by atoms with E-state index in [2.05, 4.69) is 0 Å². The van der Waals surface area contributed by atoms with Crippen LogP contribution in [0.4, 0.5) is 0 Å². The second-order valence-electron chi connectivity index (χ2n) is 6.35. The number of aromatic nitrogens is 1. The molecule has 0 aliphatic carbocycles. The van der Waals surface area contributed by atoms with Crippen molar-refractivity contribution in [3.05, 3.63) is 36.0 Å². The number of aliphatic hydroxyl groups is 3. The molecule has 1 unspecified atom stereocenters. The topological polar surface area (TPSA) is 110 Å². The van der Waals surface area contributed by atoms with Crippen LogP contribution in [-0.4, -0.2) is 62.8 Å². The Morgan fingerprint density at radius 2 is 2.12 bits per heavy atom. The summed E-state index contributed by atoms with van der Waals surface area (Å²) in [6, 6.07) is 7.35. The van der Waals surface area contributed by atoms with E-state index >= 15 is 0 Å². The summed E-state index contributed by atoms with van der Waals surface area (Å²) < 4.78 is 11.7. The number of fused-ring (bicyclic) bond motifs is 2. The molecule has 0 amide bonds. The largest absolute Gasteiger partial charge is 0.451 e. The van der Waals surface area contributed by atoms with E-state index in [1.54, 1.807) is 10.9 Å². The summed E-state index contributed by atoms with van der Waals surface area (Å²) >= 11 is 0. The molecule has 4 atom stereocenters.